The normalized spacial score (nSPS) is 25.2. The summed E-state index contributed by atoms with van der Waals surface area (Å²) in [6.07, 6.45) is -0.609. The van der Waals surface area contributed by atoms with Crippen LogP contribution in [0.4, 0.5) is 13.6 Å². The van der Waals surface area contributed by atoms with Gasteiger partial charge in [0.05, 0.1) is 12.6 Å². The van der Waals surface area contributed by atoms with E-state index in [0.717, 1.165) is 12.8 Å². The van der Waals surface area contributed by atoms with Crippen LogP contribution in [-0.2, 0) is 9.47 Å². The molecule has 0 N–H and O–H groups in total. The quantitative estimate of drug-likeness (QED) is 0.671. The SMILES string of the molecule is CC.CC(C)(C)OC(=O)N1CCCC1C1OCC(F)c2cc(F)ccc21. The van der Waals surface area contributed by atoms with E-state index < -0.39 is 23.7 Å². The fourth-order valence-electron chi connectivity index (χ4n) is 3.42. The van der Waals surface area contributed by atoms with E-state index in [4.69, 9.17) is 9.47 Å². The number of carbonyl (C=O) groups excluding carboxylic acids is 1. The van der Waals surface area contributed by atoms with Gasteiger partial charge < -0.3 is 14.4 Å². The van der Waals surface area contributed by atoms with Gasteiger partial charge >= 0.3 is 6.09 Å². The van der Waals surface area contributed by atoms with Crippen LogP contribution in [0.15, 0.2) is 18.2 Å². The number of hydrogen-bond donors (Lipinski definition) is 0. The summed E-state index contributed by atoms with van der Waals surface area (Å²) in [4.78, 5) is 14.1. The lowest BCUT2D eigenvalue weighted by atomic mass is 9.91. The van der Waals surface area contributed by atoms with Crippen LogP contribution in [0.25, 0.3) is 0 Å². The Labute approximate surface area is 154 Å². The first-order valence-corrected chi connectivity index (χ1v) is 9.31. The number of nitrogens with zero attached hydrogens (tertiary/aromatic N) is 1. The summed E-state index contributed by atoms with van der Waals surface area (Å²) in [6, 6.07) is 3.87. The summed E-state index contributed by atoms with van der Waals surface area (Å²) in [5, 5.41) is 0. The third-order valence-corrected chi connectivity index (χ3v) is 4.39. The highest BCUT2D eigenvalue weighted by Crippen LogP contribution is 2.41. The zero-order chi connectivity index (χ0) is 19.5. The van der Waals surface area contributed by atoms with Crippen LogP contribution in [0.5, 0.6) is 0 Å². The molecule has 3 rings (SSSR count). The van der Waals surface area contributed by atoms with Gasteiger partial charge in [0.25, 0.3) is 0 Å². The van der Waals surface area contributed by atoms with Crippen molar-refractivity contribution >= 4 is 6.09 Å². The molecular formula is C20H29F2NO3. The number of benzene rings is 1. The Balaban J connectivity index is 0.00000117. The maximum atomic E-state index is 14.1. The highest BCUT2D eigenvalue weighted by molar-refractivity contribution is 5.69. The number of rotatable bonds is 1. The zero-order valence-corrected chi connectivity index (χ0v) is 16.2. The van der Waals surface area contributed by atoms with Gasteiger partial charge in [0.15, 0.2) is 0 Å². The summed E-state index contributed by atoms with van der Waals surface area (Å²) >= 11 is 0. The number of halogens is 2. The van der Waals surface area contributed by atoms with E-state index in [-0.39, 0.29) is 18.7 Å². The Kier molecular flexibility index (Phi) is 6.61. The molecule has 146 valence electrons. The van der Waals surface area contributed by atoms with Gasteiger partial charge in [-0.1, -0.05) is 19.9 Å². The minimum atomic E-state index is -1.34. The average molecular weight is 369 g/mol. The Morgan fingerprint density at radius 1 is 1.27 bits per heavy atom. The lowest BCUT2D eigenvalue weighted by Gasteiger charge is -2.37. The summed E-state index contributed by atoms with van der Waals surface area (Å²) in [6.45, 7) is 9.91. The second kappa shape index (κ2) is 8.33. The third-order valence-electron chi connectivity index (χ3n) is 4.39. The van der Waals surface area contributed by atoms with Gasteiger partial charge in [-0.25, -0.2) is 13.6 Å². The van der Waals surface area contributed by atoms with Gasteiger partial charge in [0.2, 0.25) is 0 Å². The Morgan fingerprint density at radius 3 is 2.62 bits per heavy atom. The standard InChI is InChI=1S/C18H23F2NO3.C2H6/c1-18(2,3)24-17(22)21-8-4-5-15(21)16-12-7-6-11(19)9-13(12)14(20)10-23-16;1-2/h6-7,9,14-16H,4-5,8,10H2,1-3H3;1-2H3. The van der Waals surface area contributed by atoms with E-state index >= 15 is 0 Å². The van der Waals surface area contributed by atoms with Crippen molar-refractivity contribution in [3.63, 3.8) is 0 Å². The van der Waals surface area contributed by atoms with Crippen LogP contribution in [0.2, 0.25) is 0 Å². The second-order valence-corrected chi connectivity index (χ2v) is 7.38. The maximum Gasteiger partial charge on any atom is 0.410 e. The van der Waals surface area contributed by atoms with E-state index in [0.29, 0.717) is 17.7 Å². The fourth-order valence-corrected chi connectivity index (χ4v) is 3.42. The maximum absolute atomic E-state index is 14.1. The summed E-state index contributed by atoms with van der Waals surface area (Å²) in [7, 11) is 0. The molecule has 0 saturated carbocycles. The predicted molar refractivity (Wildman–Crippen MR) is 96.3 cm³/mol. The molecule has 26 heavy (non-hydrogen) atoms. The largest absolute Gasteiger partial charge is 0.444 e. The number of likely N-dealkylation sites (tertiary alicyclic amines) is 1. The molecule has 1 aromatic rings. The number of ether oxygens (including phenoxy) is 2. The van der Waals surface area contributed by atoms with Gasteiger partial charge in [-0.05, 0) is 56.9 Å². The average Bonchev–Trinajstić information content (AvgIpc) is 3.05. The number of fused-ring (bicyclic) bond motifs is 1. The molecule has 3 unspecified atom stereocenters. The number of carbonyl (C=O) groups is 1. The van der Waals surface area contributed by atoms with Crippen molar-refractivity contribution in [1.29, 1.82) is 0 Å². The molecule has 3 atom stereocenters. The lowest BCUT2D eigenvalue weighted by molar-refractivity contribution is -0.0473. The lowest BCUT2D eigenvalue weighted by Crippen LogP contribution is -2.44. The molecule has 2 heterocycles. The van der Waals surface area contributed by atoms with E-state index in [1.807, 2.05) is 34.6 Å². The van der Waals surface area contributed by atoms with Crippen LogP contribution in [-0.4, -0.2) is 35.8 Å². The Hall–Kier alpha value is -1.69. The topological polar surface area (TPSA) is 38.8 Å². The number of alkyl halides is 1. The number of hydrogen-bond acceptors (Lipinski definition) is 3. The molecule has 4 nitrogen and oxygen atoms in total. The van der Waals surface area contributed by atoms with Crippen molar-refractivity contribution in [2.45, 2.75) is 71.4 Å². The van der Waals surface area contributed by atoms with Gasteiger partial charge in [-0.2, -0.15) is 0 Å². The first-order valence-electron chi connectivity index (χ1n) is 9.31. The van der Waals surface area contributed by atoms with E-state index in [1.165, 1.54) is 12.1 Å². The minimum Gasteiger partial charge on any atom is -0.444 e. The smallest absolute Gasteiger partial charge is 0.410 e. The summed E-state index contributed by atoms with van der Waals surface area (Å²) in [5.74, 6) is -0.465. The molecule has 0 radical (unpaired) electrons. The third kappa shape index (κ3) is 4.53. The van der Waals surface area contributed by atoms with Crippen molar-refractivity contribution in [3.8, 4) is 0 Å². The first kappa shape index (κ1) is 20.6. The van der Waals surface area contributed by atoms with Gasteiger partial charge in [-0.15, -0.1) is 0 Å². The molecule has 2 aliphatic rings. The molecule has 0 aromatic heterocycles. The summed E-state index contributed by atoms with van der Waals surface area (Å²) in [5.41, 5.74) is 0.362. The fraction of sp³-hybridized carbons (Fsp3) is 0.650. The predicted octanol–water partition coefficient (Wildman–Crippen LogP) is 5.33. The van der Waals surface area contributed by atoms with E-state index in [2.05, 4.69) is 0 Å². The molecular weight excluding hydrogens is 340 g/mol. The zero-order valence-electron chi connectivity index (χ0n) is 16.2. The first-order chi connectivity index (χ1) is 12.3. The Morgan fingerprint density at radius 2 is 1.96 bits per heavy atom. The molecule has 2 aliphatic heterocycles. The number of amides is 1. The van der Waals surface area contributed by atoms with Crippen LogP contribution < -0.4 is 0 Å². The van der Waals surface area contributed by atoms with E-state index in [1.54, 1.807) is 11.0 Å². The molecule has 1 fully saturated rings. The Bertz CT molecular complexity index is 630. The van der Waals surface area contributed by atoms with Crippen LogP contribution in [0.3, 0.4) is 0 Å². The van der Waals surface area contributed by atoms with Crippen molar-refractivity contribution in [2.75, 3.05) is 13.2 Å². The summed E-state index contributed by atoms with van der Waals surface area (Å²) < 4.78 is 38.7. The molecule has 1 saturated heterocycles. The molecule has 1 aromatic carbocycles. The van der Waals surface area contributed by atoms with Crippen LogP contribution in [0, 0.1) is 5.82 Å². The second-order valence-electron chi connectivity index (χ2n) is 7.38. The molecule has 1 amide bonds. The van der Waals surface area contributed by atoms with Gasteiger partial charge in [-0.3, -0.25) is 0 Å². The molecule has 0 spiro atoms. The molecule has 0 bridgehead atoms. The monoisotopic (exact) mass is 369 g/mol. The van der Waals surface area contributed by atoms with Gasteiger partial charge in [0.1, 0.15) is 23.7 Å². The van der Waals surface area contributed by atoms with E-state index in [9.17, 15) is 13.6 Å². The van der Waals surface area contributed by atoms with Crippen molar-refractivity contribution in [2.24, 2.45) is 0 Å². The molecule has 6 heteroatoms. The van der Waals surface area contributed by atoms with Crippen molar-refractivity contribution < 1.29 is 23.0 Å². The van der Waals surface area contributed by atoms with Crippen molar-refractivity contribution in [3.05, 3.63) is 35.1 Å². The van der Waals surface area contributed by atoms with Crippen LogP contribution in [0.1, 0.15) is 70.9 Å². The van der Waals surface area contributed by atoms with Crippen LogP contribution >= 0.6 is 0 Å². The minimum absolute atomic E-state index is 0.125. The molecule has 0 aliphatic carbocycles. The van der Waals surface area contributed by atoms with Crippen molar-refractivity contribution in [1.82, 2.24) is 4.90 Å². The highest BCUT2D eigenvalue weighted by atomic mass is 19.1. The highest BCUT2D eigenvalue weighted by Gasteiger charge is 2.41. The van der Waals surface area contributed by atoms with Gasteiger partial charge in [0, 0.05) is 6.54 Å².